The predicted octanol–water partition coefficient (Wildman–Crippen LogP) is 2.99. The Morgan fingerprint density at radius 3 is 2.71 bits per heavy atom. The molecule has 35 heavy (non-hydrogen) atoms. The Kier molecular flexibility index (Phi) is 7.19. The quantitative estimate of drug-likeness (QED) is 0.369. The van der Waals surface area contributed by atoms with Crippen molar-refractivity contribution in [2.75, 3.05) is 39.0 Å². The van der Waals surface area contributed by atoms with Crippen molar-refractivity contribution in [2.24, 2.45) is 0 Å². The zero-order chi connectivity index (χ0) is 24.9. The van der Waals surface area contributed by atoms with Crippen LogP contribution in [0.4, 0.5) is 11.6 Å². The molecule has 10 heteroatoms. The van der Waals surface area contributed by atoms with Crippen LogP contribution < -0.4 is 10.6 Å². The third kappa shape index (κ3) is 5.53. The molecule has 3 aromatic rings. The largest absolute Gasteiger partial charge is 0.393 e. The second kappa shape index (κ2) is 10.5. The first-order valence-corrected chi connectivity index (χ1v) is 11.7. The molecule has 0 aliphatic carbocycles. The highest BCUT2D eigenvalue weighted by Crippen LogP contribution is 2.24. The molecule has 0 bridgehead atoms. The molecule has 0 saturated carbocycles. The lowest BCUT2D eigenvalue weighted by Gasteiger charge is -2.25. The number of fused-ring (bicyclic) bond motifs is 1. The number of nitrogens with zero attached hydrogens (tertiary/aromatic N) is 6. The molecule has 182 valence electrons. The second-order valence-corrected chi connectivity index (χ2v) is 8.86. The fourth-order valence-electron chi connectivity index (χ4n) is 3.87. The number of amidine groups is 1. The molecule has 0 spiro atoms. The number of pyridine rings is 2. The molecule has 0 aromatic carbocycles. The first kappa shape index (κ1) is 24.1. The van der Waals surface area contributed by atoms with Gasteiger partial charge in [0.2, 0.25) is 5.91 Å². The van der Waals surface area contributed by atoms with Gasteiger partial charge in [-0.1, -0.05) is 13.8 Å². The van der Waals surface area contributed by atoms with Crippen LogP contribution in [0.15, 0.2) is 42.9 Å². The number of rotatable bonds is 6. The summed E-state index contributed by atoms with van der Waals surface area (Å²) in [7, 11) is 3.60. The van der Waals surface area contributed by atoms with Gasteiger partial charge in [0.15, 0.2) is 5.82 Å². The van der Waals surface area contributed by atoms with Crippen LogP contribution in [0.1, 0.15) is 37.3 Å². The summed E-state index contributed by atoms with van der Waals surface area (Å²) < 4.78 is 0. The molecule has 0 radical (unpaired) electrons. The number of hydrogen-bond donors (Lipinski definition) is 3. The van der Waals surface area contributed by atoms with Crippen LogP contribution in [0.2, 0.25) is 0 Å². The maximum Gasteiger partial charge on any atom is 0.224 e. The van der Waals surface area contributed by atoms with Gasteiger partial charge in [-0.3, -0.25) is 15.2 Å². The summed E-state index contributed by atoms with van der Waals surface area (Å²) in [5.74, 6) is 2.05. The van der Waals surface area contributed by atoms with E-state index in [4.69, 9.17) is 10.4 Å². The third-order valence-corrected chi connectivity index (χ3v) is 6.03. The highest BCUT2D eigenvalue weighted by atomic mass is 16.2. The molecular weight excluding hydrogens is 442 g/mol. The third-order valence-electron chi connectivity index (χ3n) is 6.03. The predicted molar refractivity (Wildman–Crippen MR) is 138 cm³/mol. The summed E-state index contributed by atoms with van der Waals surface area (Å²) in [6.07, 6.45) is 5.69. The number of aromatic nitrogens is 4. The van der Waals surface area contributed by atoms with E-state index in [1.54, 1.807) is 37.6 Å². The van der Waals surface area contributed by atoms with Crippen LogP contribution in [-0.2, 0) is 4.79 Å². The maximum absolute atomic E-state index is 12.1. The van der Waals surface area contributed by atoms with Crippen LogP contribution in [0, 0.1) is 5.41 Å². The minimum atomic E-state index is 0.0969. The zero-order valence-corrected chi connectivity index (χ0v) is 20.5. The lowest BCUT2D eigenvalue weighted by atomic mass is 10.1. The molecule has 4 rings (SSSR count). The fraction of sp³-hybridized carbons (Fsp3) is 0.360. The zero-order valence-electron chi connectivity index (χ0n) is 20.5. The number of carbonyl (C=O) groups excluding carboxylic acids is 1. The lowest BCUT2D eigenvalue weighted by molar-refractivity contribution is -0.129. The minimum absolute atomic E-state index is 0.0969. The van der Waals surface area contributed by atoms with E-state index >= 15 is 0 Å². The van der Waals surface area contributed by atoms with Crippen molar-refractivity contribution in [3.05, 3.63) is 54.0 Å². The molecule has 1 aliphatic rings. The van der Waals surface area contributed by atoms with Gasteiger partial charge in [-0.25, -0.2) is 4.98 Å². The van der Waals surface area contributed by atoms with E-state index in [9.17, 15) is 4.79 Å². The molecular formula is C25H31N9O. The molecule has 0 atom stereocenters. The number of anilines is 2. The van der Waals surface area contributed by atoms with E-state index in [2.05, 4.69) is 39.7 Å². The molecule has 3 aromatic heterocycles. The molecule has 1 aliphatic heterocycles. The number of likely N-dealkylation sites (N-methyl/N-ethyl adjacent to an activating group) is 1. The second-order valence-electron chi connectivity index (χ2n) is 8.86. The van der Waals surface area contributed by atoms with Crippen LogP contribution in [0.5, 0.6) is 0 Å². The van der Waals surface area contributed by atoms with Crippen molar-refractivity contribution in [2.45, 2.75) is 26.2 Å². The molecule has 1 amide bonds. The van der Waals surface area contributed by atoms with Crippen LogP contribution in [0.3, 0.4) is 0 Å². The van der Waals surface area contributed by atoms with Gasteiger partial charge in [0, 0.05) is 63.7 Å². The summed E-state index contributed by atoms with van der Waals surface area (Å²) in [6, 6.07) is 7.65. The summed E-state index contributed by atoms with van der Waals surface area (Å²) in [6.45, 7) is 5.91. The standard InChI is InChI=1S/C25H31N9O/c1-16(2)17-12-23(32-29-14-17)31-22-6-5-20-21(30-22)11-18(13-28-20)19(15-27-3)25(26)34-8-7-24(35)33(4)9-10-34/h5-6,11-16,26-27H,7-10H2,1-4H3,(H,30,31,32)/b19-15-,26-25?. The summed E-state index contributed by atoms with van der Waals surface area (Å²) in [5.41, 5.74) is 4.00. The first-order chi connectivity index (χ1) is 16.9. The van der Waals surface area contributed by atoms with E-state index in [0.717, 1.165) is 16.6 Å². The lowest BCUT2D eigenvalue weighted by Crippen LogP contribution is -2.35. The Bertz CT molecular complexity index is 1270. The van der Waals surface area contributed by atoms with Crippen molar-refractivity contribution in [3.63, 3.8) is 0 Å². The number of hydrogen-bond acceptors (Lipinski definition) is 8. The van der Waals surface area contributed by atoms with Gasteiger partial charge < -0.3 is 20.4 Å². The van der Waals surface area contributed by atoms with Crippen molar-refractivity contribution in [1.29, 1.82) is 5.41 Å². The Labute approximate surface area is 205 Å². The summed E-state index contributed by atoms with van der Waals surface area (Å²) >= 11 is 0. The molecule has 0 unspecified atom stereocenters. The van der Waals surface area contributed by atoms with E-state index in [-0.39, 0.29) is 5.91 Å². The van der Waals surface area contributed by atoms with Crippen molar-refractivity contribution >= 4 is 40.0 Å². The normalized spacial score (nSPS) is 14.9. The molecule has 1 fully saturated rings. The van der Waals surface area contributed by atoms with Gasteiger partial charge >= 0.3 is 0 Å². The highest BCUT2D eigenvalue weighted by Gasteiger charge is 2.22. The van der Waals surface area contributed by atoms with Gasteiger partial charge in [0.05, 0.1) is 17.2 Å². The SMILES string of the molecule is CN/C=C(\C(=N)N1CCC(=O)N(C)CC1)c1cnc2ccc(Nc3cc(C(C)C)cnn3)nc2c1. The average molecular weight is 474 g/mol. The van der Waals surface area contributed by atoms with E-state index in [0.29, 0.717) is 60.5 Å². The van der Waals surface area contributed by atoms with Crippen LogP contribution in [0.25, 0.3) is 16.6 Å². The average Bonchev–Trinajstić information content (AvgIpc) is 3.02. The van der Waals surface area contributed by atoms with Gasteiger partial charge in [-0.2, -0.15) is 5.10 Å². The molecule has 1 saturated heterocycles. The highest BCUT2D eigenvalue weighted by molar-refractivity contribution is 6.21. The Morgan fingerprint density at radius 2 is 1.94 bits per heavy atom. The maximum atomic E-state index is 12.1. The number of nitrogens with one attached hydrogen (secondary N) is 3. The number of amides is 1. The monoisotopic (exact) mass is 473 g/mol. The van der Waals surface area contributed by atoms with Crippen molar-refractivity contribution in [3.8, 4) is 0 Å². The van der Waals surface area contributed by atoms with E-state index in [1.807, 2.05) is 29.2 Å². The fourth-order valence-corrected chi connectivity index (χ4v) is 3.87. The molecule has 3 N–H and O–H groups in total. The first-order valence-electron chi connectivity index (χ1n) is 11.7. The van der Waals surface area contributed by atoms with Gasteiger partial charge in [-0.15, -0.1) is 5.10 Å². The van der Waals surface area contributed by atoms with E-state index < -0.39 is 0 Å². The van der Waals surface area contributed by atoms with Gasteiger partial charge in [-0.05, 0) is 35.7 Å². The van der Waals surface area contributed by atoms with Gasteiger partial charge in [0.1, 0.15) is 11.7 Å². The Balaban J connectivity index is 1.61. The van der Waals surface area contributed by atoms with Crippen molar-refractivity contribution in [1.82, 2.24) is 35.3 Å². The van der Waals surface area contributed by atoms with Crippen molar-refractivity contribution < 1.29 is 4.79 Å². The van der Waals surface area contributed by atoms with Crippen LogP contribution in [-0.4, -0.2) is 75.4 Å². The molecule has 4 heterocycles. The minimum Gasteiger partial charge on any atom is -0.393 e. The molecule has 10 nitrogen and oxygen atoms in total. The summed E-state index contributed by atoms with van der Waals surface area (Å²) in [4.78, 5) is 25.0. The Morgan fingerprint density at radius 1 is 1.11 bits per heavy atom. The number of carbonyl (C=O) groups is 1. The Hall–Kier alpha value is -4.08. The smallest absolute Gasteiger partial charge is 0.224 e. The van der Waals surface area contributed by atoms with E-state index in [1.165, 1.54) is 0 Å². The van der Waals surface area contributed by atoms with Crippen LogP contribution >= 0.6 is 0 Å². The van der Waals surface area contributed by atoms with Gasteiger partial charge in [0.25, 0.3) is 0 Å². The summed E-state index contributed by atoms with van der Waals surface area (Å²) in [5, 5.41) is 23.4. The topological polar surface area (TPSA) is 123 Å².